The first-order valence-electron chi connectivity index (χ1n) is 10.7. The van der Waals surface area contributed by atoms with Crippen molar-refractivity contribution in [3.8, 4) is 0 Å². The number of hydrogen-bond acceptors (Lipinski definition) is 6. The van der Waals surface area contributed by atoms with Crippen LogP contribution in [0.25, 0.3) is 0 Å². The Balaban J connectivity index is 1.17. The van der Waals surface area contributed by atoms with Crippen LogP contribution in [-0.4, -0.2) is 60.3 Å². The van der Waals surface area contributed by atoms with E-state index in [1.54, 1.807) is 18.2 Å². The van der Waals surface area contributed by atoms with Crippen molar-refractivity contribution >= 4 is 34.8 Å². The highest BCUT2D eigenvalue weighted by molar-refractivity contribution is 6.35. The van der Waals surface area contributed by atoms with Crippen LogP contribution in [0, 0.1) is 0 Å². The number of halogens is 2. The van der Waals surface area contributed by atoms with Crippen molar-refractivity contribution in [2.75, 3.05) is 44.2 Å². The lowest BCUT2D eigenvalue weighted by molar-refractivity contribution is 0.0915. The van der Waals surface area contributed by atoms with Crippen LogP contribution in [0.15, 0.2) is 52.9 Å². The number of piperazine rings is 1. The molecule has 1 fully saturated rings. The summed E-state index contributed by atoms with van der Waals surface area (Å²) in [5.74, 6) is -0.0722. The lowest BCUT2D eigenvalue weighted by atomic mass is 10.1. The minimum absolute atomic E-state index is 0.0402. The van der Waals surface area contributed by atoms with Gasteiger partial charge >= 0.3 is 11.8 Å². The van der Waals surface area contributed by atoms with Gasteiger partial charge in [-0.3, -0.25) is 9.69 Å². The second-order valence-electron chi connectivity index (χ2n) is 7.69. The molecule has 0 atom stereocenters. The van der Waals surface area contributed by atoms with Crippen LogP contribution in [0.4, 0.5) is 5.69 Å². The normalized spacial score (nSPS) is 14.5. The van der Waals surface area contributed by atoms with Crippen molar-refractivity contribution in [2.24, 2.45) is 0 Å². The zero-order chi connectivity index (χ0) is 22.3. The first-order valence-corrected chi connectivity index (χ1v) is 11.4. The van der Waals surface area contributed by atoms with E-state index in [-0.39, 0.29) is 11.8 Å². The van der Waals surface area contributed by atoms with Crippen LogP contribution in [0.1, 0.15) is 28.6 Å². The first-order chi connectivity index (χ1) is 15.6. The minimum atomic E-state index is -0.361. The van der Waals surface area contributed by atoms with Crippen molar-refractivity contribution in [3.05, 3.63) is 75.9 Å². The molecule has 1 aliphatic heterocycles. The fourth-order valence-corrected chi connectivity index (χ4v) is 4.17. The van der Waals surface area contributed by atoms with Gasteiger partial charge in [0.2, 0.25) is 5.89 Å². The van der Waals surface area contributed by atoms with Crippen LogP contribution < -0.4 is 10.2 Å². The third-order valence-electron chi connectivity index (χ3n) is 5.45. The Hall–Kier alpha value is -2.61. The van der Waals surface area contributed by atoms with Gasteiger partial charge in [-0.1, -0.05) is 47.5 Å². The largest absolute Gasteiger partial charge is 0.417 e. The van der Waals surface area contributed by atoms with E-state index in [1.807, 2.05) is 6.07 Å². The second-order valence-corrected chi connectivity index (χ2v) is 8.53. The Morgan fingerprint density at radius 3 is 2.56 bits per heavy atom. The highest BCUT2D eigenvalue weighted by Crippen LogP contribution is 2.23. The Kier molecular flexibility index (Phi) is 7.63. The molecule has 0 unspecified atom stereocenters. The molecule has 1 aromatic heterocycles. The zero-order valence-corrected chi connectivity index (χ0v) is 19.1. The Bertz CT molecular complexity index is 1040. The monoisotopic (exact) mass is 473 g/mol. The third kappa shape index (κ3) is 6.00. The molecule has 0 radical (unpaired) electrons. The van der Waals surface area contributed by atoms with Crippen LogP contribution in [0.5, 0.6) is 0 Å². The number of aromatic nitrogens is 2. The predicted octanol–water partition coefficient (Wildman–Crippen LogP) is 3.91. The molecular formula is C23H25Cl2N5O2. The maximum Gasteiger partial charge on any atom is 0.308 e. The molecule has 1 amide bonds. The van der Waals surface area contributed by atoms with Crippen LogP contribution >= 0.6 is 23.2 Å². The van der Waals surface area contributed by atoms with Gasteiger partial charge in [0.1, 0.15) is 0 Å². The number of nitrogens with one attached hydrogen (secondary N) is 1. The van der Waals surface area contributed by atoms with Gasteiger partial charge in [-0.05, 0) is 42.8 Å². The number of nitrogens with zero attached hydrogens (tertiary/aromatic N) is 4. The van der Waals surface area contributed by atoms with Crippen LogP contribution in [0.2, 0.25) is 10.0 Å². The topological polar surface area (TPSA) is 74.5 Å². The van der Waals surface area contributed by atoms with Gasteiger partial charge in [-0.15, -0.1) is 10.2 Å². The SMILES string of the molecule is O=C(NCCCN1CCN(c2ccccc2)CC1)c1nnc(Cc2ccc(Cl)cc2Cl)o1. The average molecular weight is 474 g/mol. The standard InChI is InChI=1S/C23H25Cl2N5O2/c24-18-8-7-17(20(25)16-18)15-21-27-28-23(32-21)22(31)26-9-4-10-29-11-13-30(14-12-29)19-5-2-1-3-6-19/h1-3,5-8,16H,4,9-15H2,(H,26,31). The van der Waals surface area contributed by atoms with Gasteiger partial charge < -0.3 is 14.6 Å². The molecule has 1 aliphatic rings. The molecule has 3 aromatic rings. The van der Waals surface area contributed by atoms with Crippen molar-refractivity contribution in [2.45, 2.75) is 12.8 Å². The number of carbonyl (C=O) groups excluding carboxylic acids is 1. The summed E-state index contributed by atoms with van der Waals surface area (Å²) in [4.78, 5) is 17.1. The summed E-state index contributed by atoms with van der Waals surface area (Å²) in [7, 11) is 0. The molecule has 32 heavy (non-hydrogen) atoms. The number of hydrogen-bond donors (Lipinski definition) is 1. The van der Waals surface area contributed by atoms with Crippen LogP contribution in [0.3, 0.4) is 0 Å². The molecule has 2 heterocycles. The molecule has 1 saturated heterocycles. The Morgan fingerprint density at radius 2 is 1.81 bits per heavy atom. The van der Waals surface area contributed by atoms with Crippen molar-refractivity contribution in [1.29, 1.82) is 0 Å². The fraction of sp³-hybridized carbons (Fsp3) is 0.348. The summed E-state index contributed by atoms with van der Waals surface area (Å²) in [5.41, 5.74) is 2.08. The lowest BCUT2D eigenvalue weighted by Crippen LogP contribution is -2.47. The second kappa shape index (κ2) is 10.8. The molecule has 4 rings (SSSR count). The molecule has 0 saturated carbocycles. The molecule has 0 bridgehead atoms. The number of anilines is 1. The van der Waals surface area contributed by atoms with Gasteiger partial charge in [-0.2, -0.15) is 0 Å². The van der Waals surface area contributed by atoms with E-state index < -0.39 is 0 Å². The predicted molar refractivity (Wildman–Crippen MR) is 126 cm³/mol. The van der Waals surface area contributed by atoms with Gasteiger partial charge in [0.05, 0.1) is 6.42 Å². The zero-order valence-electron chi connectivity index (χ0n) is 17.6. The summed E-state index contributed by atoms with van der Waals surface area (Å²) in [5, 5.41) is 11.7. The van der Waals surface area contributed by atoms with Crippen molar-refractivity contribution in [1.82, 2.24) is 20.4 Å². The quantitative estimate of drug-likeness (QED) is 0.499. The third-order valence-corrected chi connectivity index (χ3v) is 6.04. The summed E-state index contributed by atoms with van der Waals surface area (Å²) in [6.07, 6.45) is 1.20. The van der Waals surface area contributed by atoms with E-state index >= 15 is 0 Å². The first kappa shape index (κ1) is 22.6. The summed E-state index contributed by atoms with van der Waals surface area (Å²) >= 11 is 12.1. The molecule has 0 aliphatic carbocycles. The van der Waals surface area contributed by atoms with E-state index in [2.05, 4.69) is 49.6 Å². The highest BCUT2D eigenvalue weighted by atomic mass is 35.5. The Labute approximate surface area is 197 Å². The molecule has 7 nitrogen and oxygen atoms in total. The fourth-order valence-electron chi connectivity index (χ4n) is 3.69. The van der Waals surface area contributed by atoms with E-state index in [0.717, 1.165) is 44.7 Å². The minimum Gasteiger partial charge on any atom is -0.417 e. The number of rotatable bonds is 8. The molecule has 1 N–H and O–H groups in total. The van der Waals surface area contributed by atoms with E-state index in [1.165, 1.54) is 5.69 Å². The van der Waals surface area contributed by atoms with E-state index in [4.69, 9.17) is 27.6 Å². The molecule has 0 spiro atoms. The molecule has 9 heteroatoms. The summed E-state index contributed by atoms with van der Waals surface area (Å²) in [6.45, 7) is 5.55. The van der Waals surface area contributed by atoms with Gasteiger partial charge in [-0.25, -0.2) is 0 Å². The van der Waals surface area contributed by atoms with Crippen molar-refractivity contribution < 1.29 is 9.21 Å². The maximum atomic E-state index is 12.3. The lowest BCUT2D eigenvalue weighted by Gasteiger charge is -2.36. The van der Waals surface area contributed by atoms with Gasteiger partial charge in [0.25, 0.3) is 0 Å². The van der Waals surface area contributed by atoms with E-state index in [0.29, 0.717) is 28.9 Å². The summed E-state index contributed by atoms with van der Waals surface area (Å²) in [6, 6.07) is 15.7. The Morgan fingerprint density at radius 1 is 1.03 bits per heavy atom. The number of carbonyl (C=O) groups is 1. The maximum absolute atomic E-state index is 12.3. The average Bonchev–Trinajstić information content (AvgIpc) is 3.28. The highest BCUT2D eigenvalue weighted by Gasteiger charge is 2.18. The molecule has 168 valence electrons. The summed E-state index contributed by atoms with van der Waals surface area (Å²) < 4.78 is 5.49. The smallest absolute Gasteiger partial charge is 0.308 e. The molecule has 2 aromatic carbocycles. The number of benzene rings is 2. The van der Waals surface area contributed by atoms with Gasteiger partial charge in [0.15, 0.2) is 0 Å². The van der Waals surface area contributed by atoms with Crippen molar-refractivity contribution in [3.63, 3.8) is 0 Å². The number of para-hydroxylation sites is 1. The van der Waals surface area contributed by atoms with E-state index in [9.17, 15) is 4.79 Å². The molecular weight excluding hydrogens is 449 g/mol. The number of amides is 1. The van der Waals surface area contributed by atoms with Crippen LogP contribution in [-0.2, 0) is 6.42 Å². The van der Waals surface area contributed by atoms with Gasteiger partial charge in [0, 0.05) is 48.5 Å².